The minimum atomic E-state index is -0.732. The molecular weight excluding hydrogens is 257 g/mol. The van der Waals surface area contributed by atoms with Crippen molar-refractivity contribution in [1.29, 1.82) is 0 Å². The molecule has 0 amide bonds. The van der Waals surface area contributed by atoms with Crippen LogP contribution in [0.4, 0.5) is 10.1 Å². The van der Waals surface area contributed by atoms with Crippen LogP contribution < -0.4 is 10.1 Å². The van der Waals surface area contributed by atoms with Crippen molar-refractivity contribution >= 4 is 5.69 Å². The number of nitrogens with one attached hydrogen (secondary N) is 1. The largest absolute Gasteiger partial charge is 0.497 e. The minimum absolute atomic E-state index is 0.231. The summed E-state index contributed by atoms with van der Waals surface area (Å²) in [5.41, 5.74) is 1.96. The highest BCUT2D eigenvalue weighted by Crippen LogP contribution is 2.22. The molecule has 4 heteroatoms. The van der Waals surface area contributed by atoms with Gasteiger partial charge in [-0.25, -0.2) is 4.39 Å². The number of aliphatic hydroxyl groups is 1. The summed E-state index contributed by atoms with van der Waals surface area (Å²) in [5, 5.41) is 13.1. The first-order valence-electron chi connectivity index (χ1n) is 6.43. The van der Waals surface area contributed by atoms with Crippen molar-refractivity contribution in [1.82, 2.24) is 0 Å². The SMILES string of the molecule is COc1cccc(C(O)CNc2c(C)cccc2F)c1. The molecule has 0 saturated heterocycles. The van der Waals surface area contributed by atoms with Gasteiger partial charge < -0.3 is 15.2 Å². The highest BCUT2D eigenvalue weighted by atomic mass is 19.1. The van der Waals surface area contributed by atoms with Crippen molar-refractivity contribution in [3.05, 3.63) is 59.4 Å². The zero-order valence-electron chi connectivity index (χ0n) is 11.6. The Morgan fingerprint density at radius 1 is 1.25 bits per heavy atom. The average molecular weight is 275 g/mol. The second-order valence-electron chi connectivity index (χ2n) is 4.61. The molecule has 20 heavy (non-hydrogen) atoms. The number of methoxy groups -OCH3 is 1. The molecule has 2 aromatic carbocycles. The maximum absolute atomic E-state index is 13.7. The van der Waals surface area contributed by atoms with Gasteiger partial charge >= 0.3 is 0 Å². The van der Waals surface area contributed by atoms with Crippen molar-refractivity contribution in [2.24, 2.45) is 0 Å². The molecular formula is C16H18FNO2. The third-order valence-electron chi connectivity index (χ3n) is 3.17. The van der Waals surface area contributed by atoms with Crippen molar-refractivity contribution in [3.63, 3.8) is 0 Å². The van der Waals surface area contributed by atoms with Gasteiger partial charge in [-0.15, -0.1) is 0 Å². The fraction of sp³-hybridized carbons (Fsp3) is 0.250. The molecule has 0 bridgehead atoms. The van der Waals surface area contributed by atoms with Crippen LogP contribution in [0.15, 0.2) is 42.5 Å². The molecule has 0 aliphatic heterocycles. The van der Waals surface area contributed by atoms with Crippen LogP contribution in [0.1, 0.15) is 17.2 Å². The standard InChI is InChI=1S/C16H18FNO2/c1-11-5-3-8-14(17)16(11)18-10-15(19)12-6-4-7-13(9-12)20-2/h3-9,15,18-19H,10H2,1-2H3. The van der Waals surface area contributed by atoms with Gasteiger partial charge in [-0.3, -0.25) is 0 Å². The van der Waals surface area contributed by atoms with Gasteiger partial charge in [-0.05, 0) is 36.2 Å². The van der Waals surface area contributed by atoms with Crippen LogP contribution in [0, 0.1) is 12.7 Å². The Kier molecular flexibility index (Phi) is 4.58. The predicted octanol–water partition coefficient (Wildman–Crippen LogP) is 3.29. The quantitative estimate of drug-likeness (QED) is 0.879. The number of para-hydroxylation sites is 1. The molecule has 2 rings (SSSR count). The molecule has 1 atom stereocenters. The van der Waals surface area contributed by atoms with E-state index in [4.69, 9.17) is 4.74 Å². The van der Waals surface area contributed by atoms with E-state index < -0.39 is 6.10 Å². The topological polar surface area (TPSA) is 41.5 Å². The van der Waals surface area contributed by atoms with E-state index in [1.54, 1.807) is 19.2 Å². The van der Waals surface area contributed by atoms with E-state index in [0.717, 1.165) is 11.1 Å². The van der Waals surface area contributed by atoms with E-state index in [2.05, 4.69) is 5.32 Å². The van der Waals surface area contributed by atoms with Crippen molar-refractivity contribution in [3.8, 4) is 5.75 Å². The number of ether oxygens (including phenoxy) is 1. The summed E-state index contributed by atoms with van der Waals surface area (Å²) < 4.78 is 18.8. The lowest BCUT2D eigenvalue weighted by Gasteiger charge is -2.15. The van der Waals surface area contributed by atoms with Crippen molar-refractivity contribution in [2.45, 2.75) is 13.0 Å². The third kappa shape index (κ3) is 3.27. The summed E-state index contributed by atoms with van der Waals surface area (Å²) in [6.45, 7) is 2.05. The van der Waals surface area contributed by atoms with Crippen molar-refractivity contribution < 1.29 is 14.2 Å². The van der Waals surface area contributed by atoms with Crippen LogP contribution >= 0.6 is 0 Å². The van der Waals surface area contributed by atoms with Crippen LogP contribution in [0.3, 0.4) is 0 Å². The highest BCUT2D eigenvalue weighted by Gasteiger charge is 2.11. The summed E-state index contributed by atoms with van der Waals surface area (Å²) in [7, 11) is 1.58. The summed E-state index contributed by atoms with van der Waals surface area (Å²) >= 11 is 0. The normalized spacial score (nSPS) is 12.0. The number of aryl methyl sites for hydroxylation is 1. The summed E-state index contributed by atoms with van der Waals surface area (Å²) in [5.74, 6) is 0.367. The second-order valence-corrected chi connectivity index (χ2v) is 4.61. The molecule has 106 valence electrons. The number of rotatable bonds is 5. The number of anilines is 1. The van der Waals surface area contributed by atoms with E-state index >= 15 is 0 Å². The predicted molar refractivity (Wildman–Crippen MR) is 77.6 cm³/mol. The molecule has 0 aliphatic carbocycles. The lowest BCUT2D eigenvalue weighted by atomic mass is 10.1. The van der Waals surface area contributed by atoms with Gasteiger partial charge in [0.1, 0.15) is 11.6 Å². The molecule has 0 radical (unpaired) electrons. The molecule has 0 spiro atoms. The second kappa shape index (κ2) is 6.39. The number of hydrogen-bond acceptors (Lipinski definition) is 3. The first-order valence-corrected chi connectivity index (χ1v) is 6.43. The van der Waals surface area contributed by atoms with Crippen LogP contribution in [0.25, 0.3) is 0 Å². The maximum atomic E-state index is 13.7. The fourth-order valence-electron chi connectivity index (χ4n) is 2.02. The smallest absolute Gasteiger partial charge is 0.146 e. The van der Waals surface area contributed by atoms with E-state index in [-0.39, 0.29) is 12.4 Å². The van der Waals surface area contributed by atoms with Gasteiger partial charge in [0.05, 0.1) is 18.9 Å². The zero-order chi connectivity index (χ0) is 14.5. The number of halogens is 1. The monoisotopic (exact) mass is 275 g/mol. The number of benzene rings is 2. The van der Waals surface area contributed by atoms with Crippen LogP contribution in [-0.2, 0) is 0 Å². The average Bonchev–Trinajstić information content (AvgIpc) is 2.46. The number of aliphatic hydroxyl groups excluding tert-OH is 1. The Morgan fingerprint density at radius 3 is 2.70 bits per heavy atom. The first-order chi connectivity index (χ1) is 9.61. The first kappa shape index (κ1) is 14.3. The Labute approximate surface area is 118 Å². The molecule has 1 unspecified atom stereocenters. The minimum Gasteiger partial charge on any atom is -0.497 e. The molecule has 0 saturated carbocycles. The van der Waals surface area contributed by atoms with Gasteiger partial charge in [0.25, 0.3) is 0 Å². The molecule has 0 aliphatic rings. The lowest BCUT2D eigenvalue weighted by molar-refractivity contribution is 0.191. The van der Waals surface area contributed by atoms with Crippen LogP contribution in [-0.4, -0.2) is 18.8 Å². The summed E-state index contributed by atoms with van der Waals surface area (Å²) in [6.07, 6.45) is -0.732. The number of hydrogen-bond donors (Lipinski definition) is 2. The summed E-state index contributed by atoms with van der Waals surface area (Å²) in [6, 6.07) is 12.1. The van der Waals surface area contributed by atoms with Crippen LogP contribution in [0.5, 0.6) is 5.75 Å². The van der Waals surface area contributed by atoms with Gasteiger partial charge in [0.15, 0.2) is 0 Å². The summed E-state index contributed by atoms with van der Waals surface area (Å²) in [4.78, 5) is 0. The molecule has 0 heterocycles. The Bertz CT molecular complexity index is 566. The maximum Gasteiger partial charge on any atom is 0.146 e. The molecule has 0 fully saturated rings. The van der Waals surface area contributed by atoms with E-state index in [0.29, 0.717) is 11.4 Å². The van der Waals surface area contributed by atoms with Gasteiger partial charge in [-0.1, -0.05) is 24.3 Å². The molecule has 2 N–H and O–H groups in total. The fourth-order valence-corrected chi connectivity index (χ4v) is 2.02. The highest BCUT2D eigenvalue weighted by molar-refractivity contribution is 5.51. The van der Waals surface area contributed by atoms with Gasteiger partial charge in [0, 0.05) is 6.54 Å². The molecule has 2 aromatic rings. The van der Waals surface area contributed by atoms with E-state index in [9.17, 15) is 9.50 Å². The Morgan fingerprint density at radius 2 is 2.00 bits per heavy atom. The van der Waals surface area contributed by atoms with Gasteiger partial charge in [0.2, 0.25) is 0 Å². The van der Waals surface area contributed by atoms with Crippen molar-refractivity contribution in [2.75, 3.05) is 19.0 Å². The molecule has 3 nitrogen and oxygen atoms in total. The van der Waals surface area contributed by atoms with E-state index in [1.165, 1.54) is 6.07 Å². The Hall–Kier alpha value is -2.07. The molecule has 0 aromatic heterocycles. The third-order valence-corrected chi connectivity index (χ3v) is 3.17. The Balaban J connectivity index is 2.06. The van der Waals surface area contributed by atoms with E-state index in [1.807, 2.05) is 31.2 Å². The van der Waals surface area contributed by atoms with Crippen LogP contribution in [0.2, 0.25) is 0 Å². The zero-order valence-corrected chi connectivity index (χ0v) is 11.6. The lowest BCUT2D eigenvalue weighted by Crippen LogP contribution is -2.13. The van der Waals surface area contributed by atoms with Gasteiger partial charge in [-0.2, -0.15) is 0 Å².